The van der Waals surface area contributed by atoms with Crippen LogP contribution in [0.3, 0.4) is 0 Å². The van der Waals surface area contributed by atoms with Crippen molar-refractivity contribution in [3.8, 4) is 11.1 Å². The third-order valence-electron chi connectivity index (χ3n) is 5.50. The van der Waals surface area contributed by atoms with Crippen LogP contribution in [0.2, 0.25) is 0 Å². The van der Waals surface area contributed by atoms with Crippen LogP contribution in [0.15, 0.2) is 71.2 Å². The van der Waals surface area contributed by atoms with E-state index in [2.05, 4.69) is 96.5 Å². The second-order valence-corrected chi connectivity index (χ2v) is 8.10. The quantitative estimate of drug-likeness (QED) is 0.313. The molecule has 0 radical (unpaired) electrons. The van der Waals surface area contributed by atoms with E-state index in [1.54, 1.807) is 0 Å². The standard InChI is InChI=1S/C23H17Br/c1-23(2)19-7-3-5-15-13-18(14-9-11-16(24)12-10-14)17-6-4-8-20(23)22(17)21(15)19/h3-13H,1-2H3. The number of halogens is 1. The molecule has 0 atom stereocenters. The van der Waals surface area contributed by atoms with Crippen LogP contribution in [-0.2, 0) is 5.41 Å². The summed E-state index contributed by atoms with van der Waals surface area (Å²) in [6, 6.07) is 24.5. The van der Waals surface area contributed by atoms with E-state index in [1.165, 1.54) is 43.8 Å². The molecule has 4 aromatic rings. The summed E-state index contributed by atoms with van der Waals surface area (Å²) in [5.74, 6) is 0. The van der Waals surface area contributed by atoms with Crippen molar-refractivity contribution in [1.29, 1.82) is 0 Å². The first-order valence-corrected chi connectivity index (χ1v) is 9.12. The first-order valence-electron chi connectivity index (χ1n) is 8.33. The van der Waals surface area contributed by atoms with E-state index < -0.39 is 0 Å². The minimum atomic E-state index is 0.0691. The van der Waals surface area contributed by atoms with Crippen LogP contribution in [0, 0.1) is 0 Å². The topological polar surface area (TPSA) is 0 Å². The zero-order chi connectivity index (χ0) is 16.5. The van der Waals surface area contributed by atoms with Gasteiger partial charge in [0, 0.05) is 9.89 Å². The lowest BCUT2D eigenvalue weighted by Gasteiger charge is -2.21. The van der Waals surface area contributed by atoms with Gasteiger partial charge in [-0.15, -0.1) is 0 Å². The molecule has 24 heavy (non-hydrogen) atoms. The molecule has 4 aromatic carbocycles. The predicted molar refractivity (Wildman–Crippen MR) is 107 cm³/mol. The van der Waals surface area contributed by atoms with Gasteiger partial charge in [-0.25, -0.2) is 0 Å². The molecule has 0 aromatic heterocycles. The molecule has 0 heterocycles. The maximum Gasteiger partial charge on any atom is 0.0175 e. The highest BCUT2D eigenvalue weighted by atomic mass is 79.9. The van der Waals surface area contributed by atoms with Gasteiger partial charge < -0.3 is 0 Å². The van der Waals surface area contributed by atoms with Gasteiger partial charge in [-0.05, 0) is 62.0 Å². The van der Waals surface area contributed by atoms with Gasteiger partial charge in [0.1, 0.15) is 0 Å². The summed E-state index contributed by atoms with van der Waals surface area (Å²) in [7, 11) is 0. The van der Waals surface area contributed by atoms with Crippen molar-refractivity contribution in [3.05, 3.63) is 82.3 Å². The van der Waals surface area contributed by atoms with Gasteiger partial charge in [-0.3, -0.25) is 0 Å². The second-order valence-electron chi connectivity index (χ2n) is 7.19. The molecule has 0 bridgehead atoms. The summed E-state index contributed by atoms with van der Waals surface area (Å²) in [5, 5.41) is 5.58. The molecule has 0 N–H and O–H groups in total. The van der Waals surface area contributed by atoms with Gasteiger partial charge in [0.2, 0.25) is 0 Å². The van der Waals surface area contributed by atoms with Crippen molar-refractivity contribution < 1.29 is 0 Å². The van der Waals surface area contributed by atoms with E-state index in [9.17, 15) is 0 Å². The van der Waals surface area contributed by atoms with Gasteiger partial charge in [0.05, 0.1) is 0 Å². The molecule has 0 amide bonds. The molecule has 0 nitrogen and oxygen atoms in total. The summed E-state index contributed by atoms with van der Waals surface area (Å²) in [4.78, 5) is 0. The molecular weight excluding hydrogens is 356 g/mol. The smallest absolute Gasteiger partial charge is 0.0175 e. The summed E-state index contributed by atoms with van der Waals surface area (Å²) in [6.45, 7) is 4.69. The monoisotopic (exact) mass is 372 g/mol. The summed E-state index contributed by atoms with van der Waals surface area (Å²) in [5.41, 5.74) is 5.56. The Hall–Kier alpha value is -2.12. The molecule has 0 unspecified atom stereocenters. The van der Waals surface area contributed by atoms with Gasteiger partial charge in [0.15, 0.2) is 0 Å². The molecule has 0 saturated heterocycles. The Kier molecular flexibility index (Phi) is 2.79. The van der Waals surface area contributed by atoms with Gasteiger partial charge >= 0.3 is 0 Å². The Labute approximate surface area is 150 Å². The lowest BCUT2D eigenvalue weighted by atomic mass is 9.82. The maximum absolute atomic E-state index is 3.54. The van der Waals surface area contributed by atoms with Crippen LogP contribution in [0.4, 0.5) is 0 Å². The minimum absolute atomic E-state index is 0.0691. The highest BCUT2D eigenvalue weighted by Crippen LogP contribution is 2.50. The van der Waals surface area contributed by atoms with Crippen LogP contribution in [0.5, 0.6) is 0 Å². The van der Waals surface area contributed by atoms with E-state index in [0.717, 1.165) is 4.47 Å². The Balaban J connectivity index is 1.99. The van der Waals surface area contributed by atoms with Crippen LogP contribution < -0.4 is 0 Å². The van der Waals surface area contributed by atoms with Gasteiger partial charge in [-0.1, -0.05) is 78.3 Å². The fraction of sp³-hybridized carbons (Fsp3) is 0.130. The van der Waals surface area contributed by atoms with E-state index in [1.807, 2.05) is 0 Å². The van der Waals surface area contributed by atoms with Crippen LogP contribution in [-0.4, -0.2) is 0 Å². The molecule has 0 spiro atoms. The highest BCUT2D eigenvalue weighted by molar-refractivity contribution is 9.10. The number of hydrogen-bond acceptors (Lipinski definition) is 0. The third kappa shape index (κ3) is 1.74. The molecule has 1 aliphatic rings. The maximum atomic E-state index is 3.54. The molecule has 0 aliphatic heterocycles. The Bertz CT molecular complexity index is 1120. The second kappa shape index (κ2) is 4.70. The lowest BCUT2D eigenvalue weighted by molar-refractivity contribution is 0.663. The largest absolute Gasteiger partial charge is 0.0613 e. The molecular formula is C23H17Br. The molecule has 5 rings (SSSR count). The molecule has 1 aliphatic carbocycles. The molecule has 0 saturated carbocycles. The van der Waals surface area contributed by atoms with Crippen molar-refractivity contribution in [2.24, 2.45) is 0 Å². The summed E-state index contributed by atoms with van der Waals surface area (Å²) in [6.07, 6.45) is 0. The first-order chi connectivity index (χ1) is 11.6. The Morgan fingerprint density at radius 1 is 0.750 bits per heavy atom. The van der Waals surface area contributed by atoms with Crippen molar-refractivity contribution >= 4 is 37.5 Å². The van der Waals surface area contributed by atoms with E-state index >= 15 is 0 Å². The SMILES string of the molecule is CC1(C)c2cccc3cc(-c4ccc(Br)cc4)c4cccc1c4c23. The predicted octanol–water partition coefficient (Wildman–Crippen LogP) is 7.06. The number of rotatable bonds is 1. The number of benzene rings is 4. The van der Waals surface area contributed by atoms with E-state index in [-0.39, 0.29) is 5.41 Å². The third-order valence-corrected chi connectivity index (χ3v) is 6.03. The van der Waals surface area contributed by atoms with E-state index in [4.69, 9.17) is 0 Å². The van der Waals surface area contributed by atoms with Crippen LogP contribution in [0.25, 0.3) is 32.7 Å². The normalized spacial score (nSPS) is 14.8. The molecule has 0 fully saturated rings. The minimum Gasteiger partial charge on any atom is -0.0613 e. The van der Waals surface area contributed by atoms with Gasteiger partial charge in [0.25, 0.3) is 0 Å². The van der Waals surface area contributed by atoms with Crippen LogP contribution >= 0.6 is 15.9 Å². The van der Waals surface area contributed by atoms with Crippen molar-refractivity contribution in [1.82, 2.24) is 0 Å². The zero-order valence-corrected chi connectivity index (χ0v) is 15.3. The summed E-state index contributed by atoms with van der Waals surface area (Å²) >= 11 is 3.54. The van der Waals surface area contributed by atoms with Crippen LogP contribution in [0.1, 0.15) is 25.0 Å². The summed E-state index contributed by atoms with van der Waals surface area (Å²) < 4.78 is 1.12. The zero-order valence-electron chi connectivity index (χ0n) is 13.7. The Morgan fingerprint density at radius 3 is 2.17 bits per heavy atom. The Morgan fingerprint density at radius 2 is 1.42 bits per heavy atom. The first kappa shape index (κ1) is 14.2. The van der Waals surface area contributed by atoms with Gasteiger partial charge in [-0.2, -0.15) is 0 Å². The van der Waals surface area contributed by atoms with Crippen molar-refractivity contribution in [2.75, 3.05) is 0 Å². The van der Waals surface area contributed by atoms with E-state index in [0.29, 0.717) is 0 Å². The van der Waals surface area contributed by atoms with Crippen molar-refractivity contribution in [2.45, 2.75) is 19.3 Å². The fourth-order valence-corrected chi connectivity index (χ4v) is 4.57. The molecule has 1 heteroatoms. The fourth-order valence-electron chi connectivity index (χ4n) is 4.30. The number of hydrogen-bond donors (Lipinski definition) is 0. The lowest BCUT2D eigenvalue weighted by Crippen LogP contribution is -2.14. The molecule has 116 valence electrons. The van der Waals surface area contributed by atoms with Crippen molar-refractivity contribution in [3.63, 3.8) is 0 Å². The highest BCUT2D eigenvalue weighted by Gasteiger charge is 2.34. The average molecular weight is 373 g/mol. The average Bonchev–Trinajstić information content (AvgIpc) is 2.83.